The van der Waals surface area contributed by atoms with E-state index >= 15 is 0 Å². The second-order valence-electron chi connectivity index (χ2n) is 9.35. The number of rotatable bonds is 1. The van der Waals surface area contributed by atoms with Crippen LogP contribution in [0.25, 0.3) is 0 Å². The molecular formula is C20H32O. The largest absolute Gasteiger partial charge is 0.392 e. The maximum Gasteiger partial charge on any atom is 0.0644 e. The summed E-state index contributed by atoms with van der Waals surface area (Å²) in [7, 11) is 0. The molecule has 118 valence electrons. The zero-order valence-corrected chi connectivity index (χ0v) is 14.4. The minimum absolute atomic E-state index is 0.296. The smallest absolute Gasteiger partial charge is 0.0644 e. The quantitative estimate of drug-likeness (QED) is 0.666. The predicted octanol–water partition coefficient (Wildman–Crippen LogP) is 5.09. The summed E-state index contributed by atoms with van der Waals surface area (Å²) >= 11 is 0. The molecule has 0 aromatic rings. The molecular weight excluding hydrogens is 256 g/mol. The van der Waals surface area contributed by atoms with E-state index in [9.17, 15) is 5.11 Å². The fourth-order valence-electron chi connectivity index (χ4n) is 8.42. The Morgan fingerprint density at radius 2 is 1.76 bits per heavy atom. The molecule has 0 amide bonds. The molecule has 1 heteroatoms. The first kappa shape index (κ1) is 14.3. The summed E-state index contributed by atoms with van der Waals surface area (Å²) in [6.07, 6.45) is 11.1. The van der Waals surface area contributed by atoms with Gasteiger partial charge < -0.3 is 5.11 Å². The van der Waals surface area contributed by atoms with Crippen molar-refractivity contribution in [3.05, 3.63) is 11.1 Å². The second-order valence-corrected chi connectivity index (χ2v) is 9.35. The van der Waals surface area contributed by atoms with Crippen molar-refractivity contribution in [3.8, 4) is 0 Å². The summed E-state index contributed by atoms with van der Waals surface area (Å²) < 4.78 is 0. The molecule has 5 atom stereocenters. The van der Waals surface area contributed by atoms with Crippen LogP contribution in [-0.4, -0.2) is 11.7 Å². The Hall–Kier alpha value is -0.300. The van der Waals surface area contributed by atoms with E-state index in [1.54, 1.807) is 5.57 Å². The van der Waals surface area contributed by atoms with Gasteiger partial charge in [-0.15, -0.1) is 0 Å². The summed E-state index contributed by atoms with van der Waals surface area (Å²) in [5.41, 5.74) is 4.91. The molecule has 0 unspecified atom stereocenters. The highest BCUT2D eigenvalue weighted by atomic mass is 16.3. The summed E-state index contributed by atoms with van der Waals surface area (Å²) in [5.74, 6) is 0.855. The van der Waals surface area contributed by atoms with Gasteiger partial charge in [0.1, 0.15) is 0 Å². The highest BCUT2D eigenvalue weighted by Crippen LogP contribution is 2.85. The normalized spacial score (nSPS) is 55.6. The molecule has 0 aliphatic heterocycles. The average Bonchev–Trinajstić information content (AvgIpc) is 2.95. The van der Waals surface area contributed by atoms with Crippen molar-refractivity contribution in [2.24, 2.45) is 27.6 Å². The van der Waals surface area contributed by atoms with Crippen molar-refractivity contribution < 1.29 is 5.11 Å². The van der Waals surface area contributed by atoms with Crippen LogP contribution in [0.4, 0.5) is 0 Å². The lowest BCUT2D eigenvalue weighted by Gasteiger charge is -2.59. The SMILES string of the molecule is CC1=C(CO)C[C@@]2(C)CC[C@]34[C@H](C)CCC[C@@]3(C)CC[C@]124. The van der Waals surface area contributed by atoms with Crippen LogP contribution in [0, 0.1) is 27.6 Å². The molecule has 1 nitrogen and oxygen atoms in total. The maximum atomic E-state index is 9.89. The number of allylic oxidation sites excluding steroid dienone is 1. The molecule has 4 aliphatic rings. The third kappa shape index (κ3) is 1.23. The van der Waals surface area contributed by atoms with Gasteiger partial charge in [0.05, 0.1) is 6.61 Å². The molecule has 3 saturated carbocycles. The minimum Gasteiger partial charge on any atom is -0.392 e. The van der Waals surface area contributed by atoms with Gasteiger partial charge in [-0.3, -0.25) is 0 Å². The van der Waals surface area contributed by atoms with E-state index in [4.69, 9.17) is 0 Å². The molecule has 0 radical (unpaired) electrons. The van der Waals surface area contributed by atoms with E-state index in [2.05, 4.69) is 27.7 Å². The predicted molar refractivity (Wildman–Crippen MR) is 87.0 cm³/mol. The number of aliphatic hydroxyl groups is 1. The molecule has 0 aromatic heterocycles. The van der Waals surface area contributed by atoms with Crippen LogP contribution in [0.15, 0.2) is 11.1 Å². The zero-order valence-electron chi connectivity index (χ0n) is 14.4. The Morgan fingerprint density at radius 3 is 2.48 bits per heavy atom. The van der Waals surface area contributed by atoms with Crippen LogP contribution in [0.1, 0.15) is 79.1 Å². The zero-order chi connectivity index (χ0) is 15.1. The summed E-state index contributed by atoms with van der Waals surface area (Å²) in [4.78, 5) is 0. The van der Waals surface area contributed by atoms with Crippen molar-refractivity contribution >= 4 is 0 Å². The Morgan fingerprint density at radius 1 is 1.05 bits per heavy atom. The van der Waals surface area contributed by atoms with E-state index in [0.717, 1.165) is 5.92 Å². The molecule has 4 aliphatic carbocycles. The molecule has 0 heterocycles. The van der Waals surface area contributed by atoms with Crippen molar-refractivity contribution in [2.45, 2.75) is 79.1 Å². The van der Waals surface area contributed by atoms with Gasteiger partial charge in [0.25, 0.3) is 0 Å². The van der Waals surface area contributed by atoms with Crippen molar-refractivity contribution in [1.82, 2.24) is 0 Å². The summed E-state index contributed by atoms with van der Waals surface area (Å²) in [6, 6.07) is 0. The summed E-state index contributed by atoms with van der Waals surface area (Å²) in [5, 5.41) is 9.89. The maximum absolute atomic E-state index is 9.89. The van der Waals surface area contributed by atoms with E-state index in [-0.39, 0.29) is 0 Å². The van der Waals surface area contributed by atoms with Gasteiger partial charge in [-0.25, -0.2) is 0 Å². The van der Waals surface area contributed by atoms with Gasteiger partial charge in [0, 0.05) is 5.41 Å². The van der Waals surface area contributed by atoms with Crippen LogP contribution in [0.2, 0.25) is 0 Å². The fraction of sp³-hybridized carbons (Fsp3) is 0.900. The molecule has 2 spiro atoms. The molecule has 0 aromatic carbocycles. The highest BCUT2D eigenvalue weighted by Gasteiger charge is 2.77. The second kappa shape index (κ2) is 3.96. The molecule has 21 heavy (non-hydrogen) atoms. The third-order valence-electron chi connectivity index (χ3n) is 9.16. The lowest BCUT2D eigenvalue weighted by atomic mass is 9.45. The van der Waals surface area contributed by atoms with Crippen molar-refractivity contribution in [2.75, 3.05) is 6.61 Å². The van der Waals surface area contributed by atoms with E-state index < -0.39 is 0 Å². The van der Waals surface area contributed by atoms with Crippen molar-refractivity contribution in [1.29, 1.82) is 0 Å². The first-order valence-corrected chi connectivity index (χ1v) is 9.17. The third-order valence-corrected chi connectivity index (χ3v) is 9.16. The van der Waals surface area contributed by atoms with Crippen LogP contribution in [-0.2, 0) is 0 Å². The number of hydrogen-bond acceptors (Lipinski definition) is 1. The van der Waals surface area contributed by atoms with Crippen LogP contribution in [0.3, 0.4) is 0 Å². The topological polar surface area (TPSA) is 20.2 Å². The van der Waals surface area contributed by atoms with Gasteiger partial charge in [-0.05, 0) is 73.2 Å². The van der Waals surface area contributed by atoms with Gasteiger partial charge in [0.15, 0.2) is 0 Å². The van der Waals surface area contributed by atoms with Gasteiger partial charge >= 0.3 is 0 Å². The van der Waals surface area contributed by atoms with E-state index in [0.29, 0.717) is 28.3 Å². The van der Waals surface area contributed by atoms with E-state index in [1.807, 2.05) is 0 Å². The lowest BCUT2D eigenvalue weighted by Crippen LogP contribution is -2.52. The molecule has 0 saturated heterocycles. The molecule has 0 bridgehead atoms. The minimum atomic E-state index is 0.296. The van der Waals surface area contributed by atoms with Gasteiger partial charge in [-0.2, -0.15) is 0 Å². The molecule has 3 fully saturated rings. The standard InChI is InChI=1S/C20H32O/c1-14-6-5-7-17(3)8-11-20-15(2)16(13-21)12-18(20,4)9-10-19(14,17)20/h14,21H,5-13H2,1-4H3/t14-,17+,18-,19+,20+/m1/s1. The van der Waals surface area contributed by atoms with Crippen molar-refractivity contribution in [3.63, 3.8) is 0 Å². The molecule has 4 rings (SSSR count). The Labute approximate surface area is 130 Å². The Bertz CT molecular complexity index is 520. The van der Waals surface area contributed by atoms with Crippen LogP contribution >= 0.6 is 0 Å². The fourth-order valence-corrected chi connectivity index (χ4v) is 8.42. The average molecular weight is 288 g/mol. The summed E-state index contributed by atoms with van der Waals surface area (Å²) in [6.45, 7) is 10.4. The van der Waals surface area contributed by atoms with Crippen LogP contribution < -0.4 is 0 Å². The first-order valence-electron chi connectivity index (χ1n) is 9.17. The number of hydrogen-bond donors (Lipinski definition) is 1. The van der Waals surface area contributed by atoms with E-state index in [1.165, 1.54) is 56.9 Å². The van der Waals surface area contributed by atoms with Gasteiger partial charge in [0.2, 0.25) is 0 Å². The highest BCUT2D eigenvalue weighted by molar-refractivity contribution is 5.42. The monoisotopic (exact) mass is 288 g/mol. The van der Waals surface area contributed by atoms with Gasteiger partial charge in [-0.1, -0.05) is 39.2 Å². The number of aliphatic hydroxyl groups excluding tert-OH is 1. The molecule has 1 N–H and O–H groups in total. The van der Waals surface area contributed by atoms with Crippen LogP contribution in [0.5, 0.6) is 0 Å². The first-order chi connectivity index (χ1) is 9.87. The lowest BCUT2D eigenvalue weighted by molar-refractivity contribution is -0.0853. The Balaban J connectivity index is 1.97. The Kier molecular flexibility index (Phi) is 2.70.